The highest BCUT2D eigenvalue weighted by Gasteiger charge is 2.17. The molecule has 0 aliphatic rings. The maximum atomic E-state index is 11.6. The molecular formula is C10H9BrClNO3. The number of nitro groups is 1. The maximum absolute atomic E-state index is 11.6. The lowest BCUT2D eigenvalue weighted by molar-refractivity contribution is -0.384. The summed E-state index contributed by atoms with van der Waals surface area (Å²) in [6.45, 7) is 1.54. The predicted octanol–water partition coefficient (Wildman–Crippen LogP) is 3.30. The molecule has 4 nitrogen and oxygen atoms in total. The van der Waals surface area contributed by atoms with Crippen LogP contribution in [0.1, 0.15) is 22.8 Å². The fourth-order valence-corrected chi connectivity index (χ4v) is 1.68. The normalized spacial score (nSPS) is 12.2. The molecule has 6 heteroatoms. The molecule has 0 saturated carbocycles. The zero-order valence-corrected chi connectivity index (χ0v) is 10.8. The summed E-state index contributed by atoms with van der Waals surface area (Å²) in [6.07, 6.45) is 0. The zero-order valence-electron chi connectivity index (χ0n) is 8.44. The minimum Gasteiger partial charge on any atom is -0.293 e. The van der Waals surface area contributed by atoms with Crippen LogP contribution in [0.2, 0.25) is 0 Å². The molecule has 86 valence electrons. The molecule has 1 atom stereocenters. The van der Waals surface area contributed by atoms with Gasteiger partial charge in [-0.3, -0.25) is 14.9 Å². The van der Waals surface area contributed by atoms with E-state index in [1.54, 1.807) is 6.07 Å². The van der Waals surface area contributed by atoms with Crippen LogP contribution in [0.25, 0.3) is 0 Å². The van der Waals surface area contributed by atoms with Crippen molar-refractivity contribution in [2.45, 2.75) is 17.6 Å². The Morgan fingerprint density at radius 1 is 1.56 bits per heavy atom. The lowest BCUT2D eigenvalue weighted by Gasteiger charge is -2.04. The molecule has 0 amide bonds. The van der Waals surface area contributed by atoms with Gasteiger partial charge < -0.3 is 0 Å². The quantitative estimate of drug-likeness (QED) is 0.371. The molecule has 1 rings (SSSR count). The van der Waals surface area contributed by atoms with Gasteiger partial charge in [0.25, 0.3) is 5.69 Å². The average molecular weight is 307 g/mol. The highest BCUT2D eigenvalue weighted by Crippen LogP contribution is 2.21. The van der Waals surface area contributed by atoms with Gasteiger partial charge >= 0.3 is 0 Å². The van der Waals surface area contributed by atoms with Crippen LogP contribution in [0.4, 0.5) is 5.69 Å². The van der Waals surface area contributed by atoms with E-state index in [1.165, 1.54) is 19.1 Å². The van der Waals surface area contributed by atoms with Gasteiger partial charge in [0.2, 0.25) is 0 Å². The summed E-state index contributed by atoms with van der Waals surface area (Å²) in [5.74, 6) is -0.312. The van der Waals surface area contributed by atoms with Crippen molar-refractivity contribution in [2.24, 2.45) is 0 Å². The Morgan fingerprint density at radius 3 is 2.62 bits per heavy atom. The summed E-state index contributed by atoms with van der Waals surface area (Å²) < 4.78 is 0. The molecule has 1 aromatic rings. The van der Waals surface area contributed by atoms with Crippen molar-refractivity contribution < 1.29 is 9.72 Å². The summed E-state index contributed by atoms with van der Waals surface area (Å²) in [4.78, 5) is 21.8. The second kappa shape index (κ2) is 5.41. The van der Waals surface area contributed by atoms with Crippen LogP contribution in [0.3, 0.4) is 0 Å². The van der Waals surface area contributed by atoms with Crippen molar-refractivity contribution in [1.29, 1.82) is 0 Å². The first-order valence-corrected chi connectivity index (χ1v) is 6.04. The molecule has 0 spiro atoms. The number of non-ortho nitro benzene ring substituents is 1. The first-order valence-electron chi connectivity index (χ1n) is 4.48. The minimum atomic E-state index is -0.690. The van der Waals surface area contributed by atoms with Gasteiger partial charge in [0.1, 0.15) is 0 Å². The molecular weight excluding hydrogens is 297 g/mol. The van der Waals surface area contributed by atoms with Crippen LogP contribution in [0.5, 0.6) is 0 Å². The Kier molecular flexibility index (Phi) is 4.44. The number of hydrogen-bond donors (Lipinski definition) is 0. The van der Waals surface area contributed by atoms with Crippen molar-refractivity contribution in [3.05, 3.63) is 39.4 Å². The molecule has 1 aromatic carbocycles. The smallest absolute Gasteiger partial charge is 0.270 e. The summed E-state index contributed by atoms with van der Waals surface area (Å²) in [6, 6.07) is 4.26. The second-order valence-electron chi connectivity index (χ2n) is 3.26. The van der Waals surface area contributed by atoms with Crippen molar-refractivity contribution in [1.82, 2.24) is 0 Å². The second-order valence-corrected chi connectivity index (χ2v) is 4.47. The molecule has 16 heavy (non-hydrogen) atoms. The van der Waals surface area contributed by atoms with Crippen LogP contribution in [0, 0.1) is 10.1 Å². The number of halogens is 2. The van der Waals surface area contributed by atoms with Crippen LogP contribution in [0.15, 0.2) is 18.2 Å². The third-order valence-corrected chi connectivity index (χ3v) is 2.83. The van der Waals surface area contributed by atoms with Crippen molar-refractivity contribution >= 4 is 39.0 Å². The van der Waals surface area contributed by atoms with Crippen LogP contribution in [-0.4, -0.2) is 16.1 Å². The third-order valence-electron chi connectivity index (χ3n) is 1.99. The van der Waals surface area contributed by atoms with E-state index in [1.807, 2.05) is 0 Å². The topological polar surface area (TPSA) is 60.2 Å². The summed E-state index contributed by atoms with van der Waals surface area (Å²) in [5, 5.41) is 10.4. The Hall–Kier alpha value is -0.940. The van der Waals surface area contributed by atoms with Crippen LogP contribution in [-0.2, 0) is 5.33 Å². The van der Waals surface area contributed by atoms with Gasteiger partial charge in [-0.1, -0.05) is 15.9 Å². The van der Waals surface area contributed by atoms with E-state index in [9.17, 15) is 14.9 Å². The molecule has 0 bridgehead atoms. The fraction of sp³-hybridized carbons (Fsp3) is 0.300. The molecule has 0 fully saturated rings. The van der Waals surface area contributed by atoms with Gasteiger partial charge in [0.05, 0.1) is 10.3 Å². The highest BCUT2D eigenvalue weighted by molar-refractivity contribution is 9.08. The largest absolute Gasteiger partial charge is 0.293 e. The van der Waals surface area contributed by atoms with E-state index in [0.717, 1.165) is 0 Å². The Labute approximate surface area is 106 Å². The van der Waals surface area contributed by atoms with E-state index < -0.39 is 10.3 Å². The number of alkyl halides is 2. The van der Waals surface area contributed by atoms with Gasteiger partial charge in [-0.25, -0.2) is 0 Å². The molecule has 0 saturated heterocycles. The highest BCUT2D eigenvalue weighted by atomic mass is 79.9. The summed E-state index contributed by atoms with van der Waals surface area (Å²) >= 11 is 8.85. The lowest BCUT2D eigenvalue weighted by atomic mass is 10.1. The van der Waals surface area contributed by atoms with E-state index in [4.69, 9.17) is 11.6 Å². The molecule has 0 heterocycles. The first kappa shape index (κ1) is 13.1. The standard InChI is InChI=1S/C10H9BrClNO3/c1-6(12)10(14)8-2-7(5-11)3-9(4-8)13(15)16/h2-4,6H,5H2,1H3. The third kappa shape index (κ3) is 3.02. The monoisotopic (exact) mass is 305 g/mol. The average Bonchev–Trinajstić information content (AvgIpc) is 2.27. The lowest BCUT2D eigenvalue weighted by Crippen LogP contribution is -2.11. The number of rotatable bonds is 4. The Morgan fingerprint density at radius 2 is 2.19 bits per heavy atom. The van der Waals surface area contributed by atoms with Crippen molar-refractivity contribution in [2.75, 3.05) is 0 Å². The fourth-order valence-electron chi connectivity index (χ4n) is 1.23. The number of carbonyl (C=O) groups is 1. The van der Waals surface area contributed by atoms with Crippen LogP contribution >= 0.6 is 27.5 Å². The first-order chi connectivity index (χ1) is 7.45. The molecule has 0 aliphatic heterocycles. The number of hydrogen-bond acceptors (Lipinski definition) is 3. The number of benzene rings is 1. The van der Waals surface area contributed by atoms with E-state index in [0.29, 0.717) is 10.9 Å². The van der Waals surface area contributed by atoms with Gasteiger partial charge in [0.15, 0.2) is 5.78 Å². The molecule has 0 N–H and O–H groups in total. The summed E-state index contributed by atoms with van der Waals surface area (Å²) in [5.41, 5.74) is 0.846. The zero-order chi connectivity index (χ0) is 12.3. The minimum absolute atomic E-state index is 0.0994. The molecule has 0 aromatic heterocycles. The van der Waals surface area contributed by atoms with Crippen molar-refractivity contribution in [3.63, 3.8) is 0 Å². The van der Waals surface area contributed by atoms with Gasteiger partial charge in [0, 0.05) is 23.0 Å². The van der Waals surface area contributed by atoms with E-state index in [-0.39, 0.29) is 17.0 Å². The number of carbonyl (C=O) groups excluding carboxylic acids is 1. The SMILES string of the molecule is CC(Cl)C(=O)c1cc(CBr)cc([N+](=O)[O-])c1. The van der Waals surface area contributed by atoms with E-state index in [2.05, 4.69) is 15.9 Å². The van der Waals surface area contributed by atoms with Crippen molar-refractivity contribution in [3.8, 4) is 0 Å². The summed E-state index contributed by atoms with van der Waals surface area (Å²) in [7, 11) is 0. The number of Topliss-reactive ketones (excluding diaryl/α,β-unsaturated/α-hetero) is 1. The molecule has 1 unspecified atom stereocenters. The number of ketones is 1. The Bertz CT molecular complexity index is 434. The number of nitrogens with zero attached hydrogens (tertiary/aromatic N) is 1. The maximum Gasteiger partial charge on any atom is 0.270 e. The van der Waals surface area contributed by atoms with Crippen LogP contribution < -0.4 is 0 Å². The predicted molar refractivity (Wildman–Crippen MR) is 65.4 cm³/mol. The van der Waals surface area contributed by atoms with Gasteiger partial charge in [-0.2, -0.15) is 0 Å². The molecule has 0 radical (unpaired) electrons. The molecule has 0 aliphatic carbocycles. The van der Waals surface area contributed by atoms with Gasteiger partial charge in [-0.05, 0) is 18.6 Å². The van der Waals surface area contributed by atoms with E-state index >= 15 is 0 Å². The van der Waals surface area contributed by atoms with Gasteiger partial charge in [-0.15, -0.1) is 11.6 Å². The Balaban J connectivity index is 3.24. The number of nitro benzene ring substituents is 1.